The van der Waals surface area contributed by atoms with Crippen LogP contribution < -0.4 is 5.32 Å². The van der Waals surface area contributed by atoms with Crippen molar-refractivity contribution in [3.8, 4) is 0 Å². The van der Waals surface area contributed by atoms with Crippen LogP contribution in [0.15, 0.2) is 36.4 Å². The number of carbonyl (C=O) groups is 2. The van der Waals surface area contributed by atoms with Crippen LogP contribution in [-0.2, 0) is 4.74 Å². The van der Waals surface area contributed by atoms with Crippen molar-refractivity contribution >= 4 is 23.5 Å². The molecule has 7 heteroatoms. The van der Waals surface area contributed by atoms with Gasteiger partial charge in [0.05, 0.1) is 17.3 Å². The van der Waals surface area contributed by atoms with Crippen LogP contribution in [0.3, 0.4) is 0 Å². The third kappa shape index (κ3) is 4.55. The van der Waals surface area contributed by atoms with E-state index in [-0.39, 0.29) is 29.1 Å². The number of aromatic carboxylic acids is 1. The molecule has 1 aromatic heterocycles. The molecule has 132 valence electrons. The molecule has 2 rings (SSSR count). The van der Waals surface area contributed by atoms with E-state index in [1.54, 1.807) is 26.2 Å². The summed E-state index contributed by atoms with van der Waals surface area (Å²) in [5.74, 6) is -1.48. The van der Waals surface area contributed by atoms with Crippen molar-refractivity contribution in [2.45, 2.75) is 26.0 Å². The summed E-state index contributed by atoms with van der Waals surface area (Å²) < 4.78 is 5.49. The first-order valence-corrected chi connectivity index (χ1v) is 8.01. The van der Waals surface area contributed by atoms with Gasteiger partial charge < -0.3 is 15.2 Å². The summed E-state index contributed by atoms with van der Waals surface area (Å²) in [4.78, 5) is 27.5. The van der Waals surface area contributed by atoms with Crippen molar-refractivity contribution < 1.29 is 19.4 Å². The number of nitrogens with one attached hydrogen (secondary N) is 1. The molecule has 6 nitrogen and oxygen atoms in total. The van der Waals surface area contributed by atoms with Crippen LogP contribution in [0.1, 0.15) is 45.1 Å². The van der Waals surface area contributed by atoms with Crippen LogP contribution in [0.2, 0.25) is 5.02 Å². The number of ether oxygens (including phenoxy) is 1. The number of carbonyl (C=O) groups excluding carboxylic acids is 1. The SMILES string of the molecule is COC(c1ccc(Cl)cc1)C(C)NC(=O)c1ccc(C(=O)O)c(C)n1. The van der Waals surface area contributed by atoms with E-state index in [1.807, 2.05) is 19.1 Å². The lowest BCUT2D eigenvalue weighted by Gasteiger charge is -2.24. The van der Waals surface area contributed by atoms with E-state index >= 15 is 0 Å². The van der Waals surface area contributed by atoms with E-state index in [1.165, 1.54) is 12.1 Å². The molecule has 0 radical (unpaired) electrons. The maximum Gasteiger partial charge on any atom is 0.337 e. The lowest BCUT2D eigenvalue weighted by Crippen LogP contribution is -2.38. The summed E-state index contributed by atoms with van der Waals surface area (Å²) in [5.41, 5.74) is 1.39. The van der Waals surface area contributed by atoms with Crippen LogP contribution in [-0.4, -0.2) is 35.1 Å². The van der Waals surface area contributed by atoms with E-state index in [9.17, 15) is 9.59 Å². The molecule has 2 unspecified atom stereocenters. The minimum absolute atomic E-state index is 0.0699. The Hall–Kier alpha value is -2.44. The molecule has 2 N–H and O–H groups in total. The average molecular weight is 363 g/mol. The minimum atomic E-state index is -1.08. The Kier molecular flexibility index (Phi) is 6.12. The fourth-order valence-electron chi connectivity index (χ4n) is 2.55. The van der Waals surface area contributed by atoms with Gasteiger partial charge in [0.1, 0.15) is 11.8 Å². The molecule has 1 heterocycles. The average Bonchev–Trinajstić information content (AvgIpc) is 2.56. The first-order valence-electron chi connectivity index (χ1n) is 7.63. The van der Waals surface area contributed by atoms with Crippen molar-refractivity contribution in [1.29, 1.82) is 0 Å². The molecule has 0 aliphatic carbocycles. The van der Waals surface area contributed by atoms with Gasteiger partial charge in [0.25, 0.3) is 5.91 Å². The minimum Gasteiger partial charge on any atom is -0.478 e. The van der Waals surface area contributed by atoms with E-state index in [4.69, 9.17) is 21.4 Å². The van der Waals surface area contributed by atoms with E-state index in [2.05, 4.69) is 10.3 Å². The molecular formula is C18H19ClN2O4. The van der Waals surface area contributed by atoms with Gasteiger partial charge in [-0.05, 0) is 43.7 Å². The highest BCUT2D eigenvalue weighted by Gasteiger charge is 2.22. The molecule has 2 aromatic rings. The van der Waals surface area contributed by atoms with E-state index in [0.717, 1.165) is 5.56 Å². The molecule has 0 spiro atoms. The van der Waals surface area contributed by atoms with Crippen molar-refractivity contribution in [2.75, 3.05) is 7.11 Å². The highest BCUT2D eigenvalue weighted by molar-refractivity contribution is 6.30. The smallest absolute Gasteiger partial charge is 0.337 e. The zero-order valence-corrected chi connectivity index (χ0v) is 14.9. The molecule has 0 saturated heterocycles. The molecule has 0 aliphatic heterocycles. The van der Waals surface area contributed by atoms with Gasteiger partial charge in [-0.2, -0.15) is 0 Å². The summed E-state index contributed by atoms with van der Waals surface area (Å²) >= 11 is 5.89. The van der Waals surface area contributed by atoms with Gasteiger partial charge >= 0.3 is 5.97 Å². The number of carboxylic acid groups (broad SMARTS) is 1. The lowest BCUT2D eigenvalue weighted by molar-refractivity contribution is 0.0641. The normalized spacial score (nSPS) is 13.1. The van der Waals surface area contributed by atoms with Gasteiger partial charge in [-0.1, -0.05) is 23.7 Å². The summed E-state index contributed by atoms with van der Waals surface area (Å²) in [6.45, 7) is 3.37. The molecule has 2 atom stereocenters. The number of hydrogen-bond donors (Lipinski definition) is 2. The number of hydrogen-bond acceptors (Lipinski definition) is 4. The topological polar surface area (TPSA) is 88.5 Å². The van der Waals surface area contributed by atoms with Crippen LogP contribution >= 0.6 is 11.6 Å². The second-order valence-corrected chi connectivity index (χ2v) is 6.04. The predicted molar refractivity (Wildman–Crippen MR) is 94.1 cm³/mol. The number of rotatable bonds is 6. The summed E-state index contributed by atoms with van der Waals surface area (Å²) in [5, 5.41) is 12.5. The molecule has 1 amide bonds. The van der Waals surface area contributed by atoms with Crippen LogP contribution in [0.5, 0.6) is 0 Å². The maximum absolute atomic E-state index is 12.4. The first-order chi connectivity index (χ1) is 11.8. The number of pyridine rings is 1. The Labute approximate surface area is 150 Å². The molecular weight excluding hydrogens is 344 g/mol. The maximum atomic E-state index is 12.4. The van der Waals surface area contributed by atoms with Crippen LogP contribution in [0, 0.1) is 6.92 Å². The monoisotopic (exact) mass is 362 g/mol. The Morgan fingerprint density at radius 2 is 1.84 bits per heavy atom. The first kappa shape index (κ1) is 18.9. The highest BCUT2D eigenvalue weighted by Crippen LogP contribution is 2.22. The highest BCUT2D eigenvalue weighted by atomic mass is 35.5. The Bertz CT molecular complexity index is 777. The fraction of sp³-hybridized carbons (Fsp3) is 0.278. The van der Waals surface area contributed by atoms with Gasteiger partial charge in [0.2, 0.25) is 0 Å². The Morgan fingerprint density at radius 3 is 2.36 bits per heavy atom. The molecule has 1 aromatic carbocycles. The largest absolute Gasteiger partial charge is 0.478 e. The van der Waals surface area contributed by atoms with Crippen molar-refractivity contribution in [2.24, 2.45) is 0 Å². The lowest BCUT2D eigenvalue weighted by atomic mass is 10.0. The summed E-state index contributed by atoms with van der Waals surface area (Å²) in [6.07, 6.45) is -0.361. The summed E-state index contributed by atoms with van der Waals surface area (Å²) in [6, 6.07) is 9.62. The Morgan fingerprint density at radius 1 is 1.20 bits per heavy atom. The predicted octanol–water partition coefficient (Wildman–Crippen LogP) is 3.25. The van der Waals surface area contributed by atoms with Crippen molar-refractivity contribution in [3.05, 3.63) is 63.9 Å². The number of benzene rings is 1. The number of carboxylic acids is 1. The summed E-state index contributed by atoms with van der Waals surface area (Å²) in [7, 11) is 1.56. The van der Waals surface area contributed by atoms with Gasteiger partial charge in [-0.3, -0.25) is 4.79 Å². The van der Waals surface area contributed by atoms with Gasteiger partial charge in [-0.15, -0.1) is 0 Å². The molecule has 0 aliphatic rings. The van der Waals surface area contributed by atoms with E-state index in [0.29, 0.717) is 5.02 Å². The quantitative estimate of drug-likeness (QED) is 0.823. The van der Waals surface area contributed by atoms with Gasteiger partial charge in [-0.25, -0.2) is 9.78 Å². The fourth-order valence-corrected chi connectivity index (χ4v) is 2.68. The zero-order chi connectivity index (χ0) is 18.6. The Balaban J connectivity index is 2.14. The third-order valence-corrected chi connectivity index (χ3v) is 4.07. The number of nitrogens with zero attached hydrogens (tertiary/aromatic N) is 1. The molecule has 0 fully saturated rings. The molecule has 0 saturated carbocycles. The zero-order valence-electron chi connectivity index (χ0n) is 14.1. The standard InChI is InChI=1S/C18H19ClN2O4/c1-10-14(18(23)24)8-9-15(20-10)17(22)21-11(2)16(25-3)12-4-6-13(19)7-5-12/h4-9,11,16H,1-3H3,(H,21,22)(H,23,24). The third-order valence-electron chi connectivity index (χ3n) is 3.81. The second kappa shape index (κ2) is 8.09. The molecule has 0 bridgehead atoms. The van der Waals surface area contributed by atoms with Crippen molar-refractivity contribution in [1.82, 2.24) is 10.3 Å². The van der Waals surface area contributed by atoms with E-state index < -0.39 is 11.9 Å². The van der Waals surface area contributed by atoms with Gasteiger partial charge in [0.15, 0.2) is 0 Å². The molecule has 25 heavy (non-hydrogen) atoms. The second-order valence-electron chi connectivity index (χ2n) is 5.60. The number of aryl methyl sites for hydroxylation is 1. The van der Waals surface area contributed by atoms with Gasteiger partial charge in [0, 0.05) is 12.1 Å². The van der Waals surface area contributed by atoms with Crippen LogP contribution in [0.4, 0.5) is 0 Å². The van der Waals surface area contributed by atoms with Crippen molar-refractivity contribution in [3.63, 3.8) is 0 Å². The number of amides is 1. The number of methoxy groups -OCH3 is 1. The van der Waals surface area contributed by atoms with Crippen LogP contribution in [0.25, 0.3) is 0 Å². The number of aromatic nitrogens is 1. The number of halogens is 1.